The minimum atomic E-state index is -5.85. The lowest BCUT2D eigenvalue weighted by Gasteiger charge is -2.38. The maximum Gasteiger partial charge on any atom is 0.499 e. The van der Waals surface area contributed by atoms with E-state index in [1.165, 1.54) is 12.3 Å². The molecule has 0 spiro atoms. The molecule has 0 amide bonds. The smallest absolute Gasteiger partial charge is 0.422 e. The van der Waals surface area contributed by atoms with Crippen molar-refractivity contribution in [3.8, 4) is 5.75 Å². The molecule has 1 aliphatic carbocycles. The molecule has 0 radical (unpaired) electrons. The second-order valence-corrected chi connectivity index (χ2v) is 8.38. The van der Waals surface area contributed by atoms with Crippen LogP contribution in [-0.4, -0.2) is 56.0 Å². The first-order valence-corrected chi connectivity index (χ1v) is 10.4. The van der Waals surface area contributed by atoms with E-state index in [1.807, 2.05) is 13.0 Å². The van der Waals surface area contributed by atoms with Crippen molar-refractivity contribution in [2.45, 2.75) is 38.1 Å². The molecule has 2 fully saturated rings. The molecule has 3 atom stereocenters. The summed E-state index contributed by atoms with van der Waals surface area (Å²) in [5.41, 5.74) is 0.654. The number of rotatable bonds is 5. The van der Waals surface area contributed by atoms with Crippen molar-refractivity contribution in [3.05, 3.63) is 36.4 Å². The summed E-state index contributed by atoms with van der Waals surface area (Å²) in [6.45, 7) is 3.44. The van der Waals surface area contributed by atoms with Crippen LogP contribution in [0.3, 0.4) is 0 Å². The Balaban J connectivity index is 1.34. The van der Waals surface area contributed by atoms with Crippen molar-refractivity contribution in [2.75, 3.05) is 23.3 Å². The van der Waals surface area contributed by atoms with E-state index in [2.05, 4.69) is 35.0 Å². The zero-order valence-electron chi connectivity index (χ0n) is 17.4. The molecule has 1 aliphatic heterocycles. The summed E-state index contributed by atoms with van der Waals surface area (Å²) in [7, 11) is 0. The van der Waals surface area contributed by atoms with Crippen LogP contribution in [0.25, 0.3) is 5.65 Å². The maximum absolute atomic E-state index is 13.4. The standard InChI is InChI=1S/C20H20F5N7O/c1-11-7-15(27-10-26-11)31-8-12-4-5-13(9-31)16(12)28-18-29-17-14(3-2-6-32(17)30-18)33-20(24,25)19(21,22)23/h2-3,6-7,10,12-13,16H,4-5,8-9H2,1H3,(H,28,30)/t12-,13+,16-. The Labute approximate surface area is 184 Å². The van der Waals surface area contributed by atoms with Crippen LogP contribution >= 0.6 is 0 Å². The highest BCUT2D eigenvalue weighted by Crippen LogP contribution is 2.40. The first kappa shape index (κ1) is 21.6. The van der Waals surface area contributed by atoms with Gasteiger partial charge in [-0.05, 0) is 43.7 Å². The number of alkyl halides is 5. The molecule has 1 saturated carbocycles. The van der Waals surface area contributed by atoms with Crippen molar-refractivity contribution in [1.82, 2.24) is 24.6 Å². The highest BCUT2D eigenvalue weighted by molar-refractivity contribution is 5.56. The topological polar surface area (TPSA) is 80.5 Å². The van der Waals surface area contributed by atoms with Crippen molar-refractivity contribution < 1.29 is 26.7 Å². The molecule has 8 nitrogen and oxygen atoms in total. The average molecular weight is 469 g/mol. The van der Waals surface area contributed by atoms with Crippen LogP contribution in [0.15, 0.2) is 30.7 Å². The first-order valence-electron chi connectivity index (χ1n) is 10.4. The fourth-order valence-electron chi connectivity index (χ4n) is 4.63. The third-order valence-corrected chi connectivity index (χ3v) is 6.14. The second kappa shape index (κ2) is 7.66. The highest BCUT2D eigenvalue weighted by atomic mass is 19.4. The predicted octanol–water partition coefficient (Wildman–Crippen LogP) is 3.69. The number of nitrogens with one attached hydrogen (secondary N) is 1. The molecule has 0 unspecified atom stereocenters. The van der Waals surface area contributed by atoms with Gasteiger partial charge in [0, 0.05) is 37.1 Å². The molecule has 33 heavy (non-hydrogen) atoms. The van der Waals surface area contributed by atoms with Gasteiger partial charge in [0.05, 0.1) is 0 Å². The maximum atomic E-state index is 13.4. The second-order valence-electron chi connectivity index (χ2n) is 8.38. The SMILES string of the molecule is Cc1cc(N2C[C@H]3CC[C@@H](C2)[C@@H]3Nc2nc3c(OC(F)(F)C(F)(F)F)cccn3n2)ncn1. The molecule has 2 bridgehead atoms. The number of hydrogen-bond donors (Lipinski definition) is 1. The molecule has 3 aromatic rings. The van der Waals surface area contributed by atoms with E-state index >= 15 is 0 Å². The van der Waals surface area contributed by atoms with Crippen molar-refractivity contribution >= 4 is 17.4 Å². The Bertz CT molecular complexity index is 1150. The van der Waals surface area contributed by atoms with Crippen LogP contribution in [0.1, 0.15) is 18.5 Å². The Kier molecular flexibility index (Phi) is 5.01. The molecule has 2 aliphatic rings. The summed E-state index contributed by atoms with van der Waals surface area (Å²) in [5, 5.41) is 7.47. The van der Waals surface area contributed by atoms with Crippen molar-refractivity contribution in [2.24, 2.45) is 11.8 Å². The molecule has 5 rings (SSSR count). The molecule has 1 saturated heterocycles. The van der Waals surface area contributed by atoms with E-state index in [1.54, 1.807) is 6.33 Å². The number of ether oxygens (including phenoxy) is 1. The third kappa shape index (κ3) is 4.00. The molecular weight excluding hydrogens is 449 g/mol. The summed E-state index contributed by atoms with van der Waals surface area (Å²) < 4.78 is 69.6. The van der Waals surface area contributed by atoms with Gasteiger partial charge in [0.25, 0.3) is 0 Å². The largest absolute Gasteiger partial charge is 0.499 e. The fraction of sp³-hybridized carbons (Fsp3) is 0.500. The molecule has 13 heteroatoms. The first-order chi connectivity index (χ1) is 15.6. The lowest BCUT2D eigenvalue weighted by Crippen LogP contribution is -2.48. The number of halogens is 5. The van der Waals surface area contributed by atoms with Crippen molar-refractivity contribution in [1.29, 1.82) is 0 Å². The lowest BCUT2D eigenvalue weighted by atomic mass is 9.92. The van der Waals surface area contributed by atoms with Gasteiger partial charge in [0.15, 0.2) is 11.4 Å². The van der Waals surface area contributed by atoms with E-state index < -0.39 is 18.0 Å². The molecule has 1 N–H and O–H groups in total. The molecular formula is C20H20F5N7O. The van der Waals surface area contributed by atoms with E-state index in [-0.39, 0.29) is 29.5 Å². The number of aryl methyl sites for hydroxylation is 1. The highest BCUT2D eigenvalue weighted by Gasteiger charge is 2.61. The zero-order valence-corrected chi connectivity index (χ0v) is 17.4. The molecule has 176 valence electrons. The molecule has 4 heterocycles. The van der Waals surface area contributed by atoms with Gasteiger partial charge in [-0.25, -0.2) is 14.5 Å². The van der Waals surface area contributed by atoms with Gasteiger partial charge in [-0.2, -0.15) is 26.9 Å². The predicted molar refractivity (Wildman–Crippen MR) is 107 cm³/mol. The van der Waals surface area contributed by atoms with Gasteiger partial charge in [-0.15, -0.1) is 5.10 Å². The van der Waals surface area contributed by atoms with Crippen LogP contribution < -0.4 is 15.0 Å². The van der Waals surface area contributed by atoms with Crippen LogP contribution in [0.4, 0.5) is 33.7 Å². The van der Waals surface area contributed by atoms with Gasteiger partial charge in [-0.1, -0.05) is 0 Å². The van der Waals surface area contributed by atoms with Gasteiger partial charge >= 0.3 is 12.3 Å². The average Bonchev–Trinajstić information content (AvgIpc) is 3.24. The molecule has 3 aromatic heterocycles. The number of anilines is 2. The number of pyridine rings is 1. The van der Waals surface area contributed by atoms with E-state index in [0.29, 0.717) is 0 Å². The van der Waals surface area contributed by atoms with Gasteiger partial charge in [0.1, 0.15) is 12.1 Å². The summed E-state index contributed by atoms with van der Waals surface area (Å²) in [4.78, 5) is 14.9. The monoisotopic (exact) mass is 469 g/mol. The summed E-state index contributed by atoms with van der Waals surface area (Å²) >= 11 is 0. The minimum absolute atomic E-state index is 0.0441. The summed E-state index contributed by atoms with van der Waals surface area (Å²) in [5.74, 6) is 0.856. The quantitative estimate of drug-likeness (QED) is 0.571. The Morgan fingerprint density at radius 2 is 1.82 bits per heavy atom. The Morgan fingerprint density at radius 1 is 1.09 bits per heavy atom. The van der Waals surface area contributed by atoms with E-state index in [0.717, 1.165) is 48.0 Å². The Hall–Kier alpha value is -3.25. The van der Waals surface area contributed by atoms with Crippen LogP contribution in [0.2, 0.25) is 0 Å². The van der Waals surface area contributed by atoms with E-state index in [4.69, 9.17) is 0 Å². The number of piperidine rings is 1. The normalized spacial score (nSPS) is 23.2. The van der Waals surface area contributed by atoms with Crippen LogP contribution in [0, 0.1) is 18.8 Å². The third-order valence-electron chi connectivity index (χ3n) is 6.14. The summed E-state index contributed by atoms with van der Waals surface area (Å²) in [6.07, 6.45) is -6.28. The van der Waals surface area contributed by atoms with Gasteiger partial charge < -0.3 is 15.0 Å². The van der Waals surface area contributed by atoms with E-state index in [9.17, 15) is 22.0 Å². The van der Waals surface area contributed by atoms with Crippen molar-refractivity contribution in [3.63, 3.8) is 0 Å². The summed E-state index contributed by atoms with van der Waals surface area (Å²) in [6, 6.07) is 4.25. The number of hydrogen-bond acceptors (Lipinski definition) is 7. The van der Waals surface area contributed by atoms with Gasteiger partial charge in [0.2, 0.25) is 5.95 Å². The van der Waals surface area contributed by atoms with Crippen LogP contribution in [-0.2, 0) is 0 Å². The lowest BCUT2D eigenvalue weighted by molar-refractivity contribution is -0.360. The number of nitrogens with zero attached hydrogens (tertiary/aromatic N) is 6. The van der Waals surface area contributed by atoms with Gasteiger partial charge in [-0.3, -0.25) is 0 Å². The van der Waals surface area contributed by atoms with Crippen LogP contribution in [0.5, 0.6) is 5.75 Å². The Morgan fingerprint density at radius 3 is 2.48 bits per heavy atom. The fourth-order valence-corrected chi connectivity index (χ4v) is 4.63. The minimum Gasteiger partial charge on any atom is -0.422 e. The molecule has 0 aromatic carbocycles. The number of aromatic nitrogens is 5. The number of fused-ring (bicyclic) bond motifs is 3. The zero-order chi connectivity index (χ0) is 23.4.